The Kier molecular flexibility index (Phi) is 4.61. The van der Waals surface area contributed by atoms with Crippen LogP contribution >= 0.6 is 0 Å². The zero-order valence-electron chi connectivity index (χ0n) is 10.5. The van der Waals surface area contributed by atoms with E-state index in [-0.39, 0.29) is 0 Å². The number of unbranched alkanes of at least 4 members (excludes halogenated alkanes) is 4. The van der Waals surface area contributed by atoms with Crippen LogP contribution in [0.5, 0.6) is 0 Å². The molecule has 0 heterocycles. The summed E-state index contributed by atoms with van der Waals surface area (Å²) < 4.78 is 0. The Balaban J connectivity index is 1.98. The molecule has 0 heteroatoms. The second-order valence-corrected chi connectivity index (χ2v) is 4.66. The zero-order valence-corrected chi connectivity index (χ0v) is 10.5. The average Bonchev–Trinajstić information content (AvgIpc) is 2.39. The minimum Gasteiger partial charge on any atom is -0.0616 e. The molecule has 17 heavy (non-hydrogen) atoms. The van der Waals surface area contributed by atoms with Crippen LogP contribution in [0.15, 0.2) is 42.5 Å². The Bertz CT molecular complexity index is 451. The van der Waals surface area contributed by atoms with Crippen LogP contribution in [0.2, 0.25) is 0 Å². The molecule has 2 aromatic carbocycles. The summed E-state index contributed by atoms with van der Waals surface area (Å²) in [5.41, 5.74) is 1.50. The summed E-state index contributed by atoms with van der Waals surface area (Å²) >= 11 is 0. The predicted octanol–water partition coefficient (Wildman–Crippen LogP) is 5.17. The Morgan fingerprint density at radius 2 is 1.53 bits per heavy atom. The van der Waals surface area contributed by atoms with Crippen molar-refractivity contribution in [2.75, 3.05) is 0 Å². The van der Waals surface area contributed by atoms with E-state index in [1.165, 1.54) is 48.4 Å². The van der Waals surface area contributed by atoms with Crippen LogP contribution in [0.3, 0.4) is 0 Å². The average molecular weight is 225 g/mol. The van der Waals surface area contributed by atoms with Crippen molar-refractivity contribution in [1.82, 2.24) is 0 Å². The SMILES string of the molecule is [CH2]CCCCCCc1cccc2ccccc12. The highest BCUT2D eigenvalue weighted by molar-refractivity contribution is 5.85. The van der Waals surface area contributed by atoms with Gasteiger partial charge in [-0.3, -0.25) is 0 Å². The lowest BCUT2D eigenvalue weighted by atomic mass is 9.99. The van der Waals surface area contributed by atoms with E-state index in [9.17, 15) is 0 Å². The van der Waals surface area contributed by atoms with Gasteiger partial charge in [0.15, 0.2) is 0 Å². The third kappa shape index (κ3) is 3.33. The van der Waals surface area contributed by atoms with E-state index in [1.807, 2.05) is 0 Å². The summed E-state index contributed by atoms with van der Waals surface area (Å²) in [5.74, 6) is 0. The van der Waals surface area contributed by atoms with Crippen LogP contribution in [0.4, 0.5) is 0 Å². The monoisotopic (exact) mass is 225 g/mol. The molecule has 1 radical (unpaired) electrons. The highest BCUT2D eigenvalue weighted by Crippen LogP contribution is 2.20. The van der Waals surface area contributed by atoms with E-state index in [1.54, 1.807) is 0 Å². The maximum Gasteiger partial charge on any atom is -0.0152 e. The molecule has 2 rings (SSSR count). The molecule has 0 amide bonds. The highest BCUT2D eigenvalue weighted by atomic mass is 14.0. The minimum absolute atomic E-state index is 1.08. The van der Waals surface area contributed by atoms with Gasteiger partial charge in [0, 0.05) is 0 Å². The molecule has 0 saturated carbocycles. The van der Waals surface area contributed by atoms with Crippen LogP contribution in [0.1, 0.15) is 37.7 Å². The van der Waals surface area contributed by atoms with E-state index in [0.29, 0.717) is 0 Å². The highest BCUT2D eigenvalue weighted by Gasteiger charge is 1.99. The molecular formula is C17H21. The number of benzene rings is 2. The number of hydrogen-bond acceptors (Lipinski definition) is 0. The number of fused-ring (bicyclic) bond motifs is 1. The van der Waals surface area contributed by atoms with Crippen molar-refractivity contribution in [2.45, 2.75) is 38.5 Å². The Morgan fingerprint density at radius 3 is 2.41 bits per heavy atom. The van der Waals surface area contributed by atoms with Crippen LogP contribution in [0, 0.1) is 6.92 Å². The summed E-state index contributed by atoms with van der Waals surface area (Å²) in [5, 5.41) is 2.79. The van der Waals surface area contributed by atoms with E-state index >= 15 is 0 Å². The molecule has 2 aromatic rings. The lowest BCUT2D eigenvalue weighted by molar-refractivity contribution is 0.646. The number of hydrogen-bond donors (Lipinski definition) is 0. The Hall–Kier alpha value is -1.30. The second kappa shape index (κ2) is 6.44. The fourth-order valence-corrected chi connectivity index (χ4v) is 2.36. The van der Waals surface area contributed by atoms with Gasteiger partial charge in [-0.2, -0.15) is 0 Å². The van der Waals surface area contributed by atoms with Crippen molar-refractivity contribution >= 4 is 10.8 Å². The lowest BCUT2D eigenvalue weighted by Gasteiger charge is -2.06. The molecule has 0 N–H and O–H groups in total. The van der Waals surface area contributed by atoms with Gasteiger partial charge in [0.2, 0.25) is 0 Å². The van der Waals surface area contributed by atoms with Gasteiger partial charge in [-0.25, -0.2) is 0 Å². The normalized spacial score (nSPS) is 10.9. The molecule has 89 valence electrons. The molecule has 0 unspecified atom stereocenters. The van der Waals surface area contributed by atoms with Gasteiger partial charge in [-0.05, 0) is 29.2 Å². The largest absolute Gasteiger partial charge is 0.0616 e. The Labute approximate surface area is 105 Å². The third-order valence-electron chi connectivity index (χ3n) is 3.33. The predicted molar refractivity (Wildman–Crippen MR) is 76.1 cm³/mol. The van der Waals surface area contributed by atoms with Crippen molar-refractivity contribution in [3.05, 3.63) is 55.0 Å². The third-order valence-corrected chi connectivity index (χ3v) is 3.33. The first-order valence-electron chi connectivity index (χ1n) is 6.67. The molecule has 0 nitrogen and oxygen atoms in total. The van der Waals surface area contributed by atoms with Gasteiger partial charge < -0.3 is 0 Å². The topological polar surface area (TPSA) is 0 Å². The molecule has 0 spiro atoms. The quantitative estimate of drug-likeness (QED) is 0.595. The fraction of sp³-hybridized carbons (Fsp3) is 0.353. The van der Waals surface area contributed by atoms with E-state index in [2.05, 4.69) is 49.4 Å². The molecular weight excluding hydrogens is 204 g/mol. The maximum atomic E-state index is 3.88. The van der Waals surface area contributed by atoms with Gasteiger partial charge in [0.1, 0.15) is 0 Å². The standard InChI is InChI=1S/C17H21/c1-2-3-4-5-6-10-15-12-9-13-16-11-7-8-14-17(15)16/h7-9,11-14H,1-6,10H2. The second-order valence-electron chi connectivity index (χ2n) is 4.66. The van der Waals surface area contributed by atoms with Crippen LogP contribution in [0.25, 0.3) is 10.8 Å². The van der Waals surface area contributed by atoms with Crippen molar-refractivity contribution in [1.29, 1.82) is 0 Å². The summed E-state index contributed by atoms with van der Waals surface area (Å²) in [4.78, 5) is 0. The smallest absolute Gasteiger partial charge is 0.0152 e. The minimum atomic E-state index is 1.08. The van der Waals surface area contributed by atoms with E-state index in [4.69, 9.17) is 0 Å². The van der Waals surface area contributed by atoms with Crippen molar-refractivity contribution in [3.63, 3.8) is 0 Å². The van der Waals surface area contributed by atoms with Crippen molar-refractivity contribution < 1.29 is 0 Å². The molecule has 0 aliphatic carbocycles. The number of rotatable bonds is 6. The summed E-state index contributed by atoms with van der Waals surface area (Å²) in [6, 6.07) is 15.3. The molecule has 0 aliphatic rings. The molecule has 0 bridgehead atoms. The zero-order chi connectivity index (χ0) is 11.9. The molecule has 0 fully saturated rings. The van der Waals surface area contributed by atoms with Crippen LogP contribution in [-0.2, 0) is 6.42 Å². The van der Waals surface area contributed by atoms with Crippen molar-refractivity contribution in [2.24, 2.45) is 0 Å². The summed E-state index contributed by atoms with van der Waals surface area (Å²) in [6.45, 7) is 3.88. The van der Waals surface area contributed by atoms with E-state index < -0.39 is 0 Å². The molecule has 0 aromatic heterocycles. The van der Waals surface area contributed by atoms with Gasteiger partial charge >= 0.3 is 0 Å². The fourth-order valence-electron chi connectivity index (χ4n) is 2.36. The first-order valence-corrected chi connectivity index (χ1v) is 6.67. The Morgan fingerprint density at radius 1 is 0.765 bits per heavy atom. The lowest BCUT2D eigenvalue weighted by Crippen LogP contribution is -1.88. The van der Waals surface area contributed by atoms with Crippen LogP contribution < -0.4 is 0 Å². The molecule has 0 atom stereocenters. The van der Waals surface area contributed by atoms with Crippen LogP contribution in [-0.4, -0.2) is 0 Å². The van der Waals surface area contributed by atoms with Gasteiger partial charge in [0.05, 0.1) is 0 Å². The summed E-state index contributed by atoms with van der Waals surface area (Å²) in [7, 11) is 0. The van der Waals surface area contributed by atoms with E-state index in [0.717, 1.165) is 6.42 Å². The first-order chi connectivity index (χ1) is 8.42. The van der Waals surface area contributed by atoms with Crippen molar-refractivity contribution in [3.8, 4) is 0 Å². The summed E-state index contributed by atoms with van der Waals surface area (Å²) in [6.07, 6.45) is 7.52. The van der Waals surface area contributed by atoms with Gasteiger partial charge in [0.25, 0.3) is 0 Å². The van der Waals surface area contributed by atoms with Gasteiger partial charge in [-0.15, -0.1) is 0 Å². The maximum absolute atomic E-state index is 3.88. The first kappa shape index (κ1) is 12.2. The number of aryl methyl sites for hydroxylation is 1. The molecule has 0 saturated heterocycles. The van der Waals surface area contributed by atoms with Gasteiger partial charge in [-0.1, -0.05) is 75.1 Å². The molecule has 0 aliphatic heterocycles.